The van der Waals surface area contributed by atoms with Gasteiger partial charge >= 0.3 is 6.03 Å². The Hall–Kier alpha value is -3.29. The number of para-hydroxylation sites is 1. The molecule has 2 atom stereocenters. The summed E-state index contributed by atoms with van der Waals surface area (Å²) >= 11 is 0. The number of rotatable bonds is 7. The van der Waals surface area contributed by atoms with Gasteiger partial charge in [-0.3, -0.25) is 4.79 Å². The van der Waals surface area contributed by atoms with Crippen LogP contribution in [-0.4, -0.2) is 50.7 Å². The molecular formula is C23H28FN3O4. The van der Waals surface area contributed by atoms with Crippen LogP contribution >= 0.6 is 0 Å². The zero-order chi connectivity index (χ0) is 22.4. The Bertz CT molecular complexity index is 920. The van der Waals surface area contributed by atoms with Gasteiger partial charge < -0.3 is 25.0 Å². The quantitative estimate of drug-likeness (QED) is 0.709. The molecule has 1 saturated heterocycles. The van der Waals surface area contributed by atoms with Crippen molar-refractivity contribution in [1.29, 1.82) is 0 Å². The van der Waals surface area contributed by atoms with Crippen molar-refractivity contribution >= 4 is 11.9 Å². The Morgan fingerprint density at radius 1 is 1.06 bits per heavy atom. The molecule has 1 fully saturated rings. The summed E-state index contributed by atoms with van der Waals surface area (Å²) < 4.78 is 24.1. The number of ether oxygens (including phenoxy) is 2. The monoisotopic (exact) mass is 429 g/mol. The molecule has 2 aromatic rings. The molecule has 2 N–H and O–H groups in total. The average molecular weight is 429 g/mol. The fraction of sp³-hybridized carbons (Fsp3) is 0.391. The number of urea groups is 1. The highest BCUT2D eigenvalue weighted by Gasteiger charge is 2.41. The molecule has 7 nitrogen and oxygen atoms in total. The van der Waals surface area contributed by atoms with Crippen LogP contribution in [0.4, 0.5) is 9.18 Å². The van der Waals surface area contributed by atoms with Crippen molar-refractivity contribution in [3.8, 4) is 11.5 Å². The van der Waals surface area contributed by atoms with Crippen molar-refractivity contribution in [3.05, 3.63) is 59.4 Å². The number of methoxy groups -OCH3 is 2. The van der Waals surface area contributed by atoms with Crippen LogP contribution in [0.2, 0.25) is 0 Å². The third-order valence-corrected chi connectivity index (χ3v) is 5.48. The average Bonchev–Trinajstić information content (AvgIpc) is 3.23. The molecule has 166 valence electrons. The molecule has 1 aliphatic rings. The number of hydrogen-bond acceptors (Lipinski definition) is 4. The molecule has 0 aromatic heterocycles. The van der Waals surface area contributed by atoms with E-state index in [9.17, 15) is 14.0 Å². The fourth-order valence-corrected chi connectivity index (χ4v) is 3.94. The van der Waals surface area contributed by atoms with Crippen molar-refractivity contribution in [1.82, 2.24) is 15.5 Å². The minimum Gasteiger partial charge on any atom is -0.493 e. The number of nitrogens with one attached hydrogen (secondary N) is 2. The Labute approximate surface area is 181 Å². The Morgan fingerprint density at radius 3 is 2.45 bits per heavy atom. The molecular weight excluding hydrogens is 401 g/mol. The molecule has 3 rings (SSSR count). The van der Waals surface area contributed by atoms with Gasteiger partial charge in [-0.25, -0.2) is 9.18 Å². The van der Waals surface area contributed by atoms with E-state index in [1.165, 1.54) is 12.1 Å². The SMILES string of the molecule is CCNC(=O)N1C[C@H](c2cccc(OC)c2OC)[C@H](C(=O)NCc2ccc(F)cc2)C1. The molecule has 2 aromatic carbocycles. The van der Waals surface area contributed by atoms with Gasteiger partial charge in [-0.1, -0.05) is 24.3 Å². The van der Waals surface area contributed by atoms with Gasteiger partial charge in [0.25, 0.3) is 0 Å². The maximum absolute atomic E-state index is 13.1. The highest BCUT2D eigenvalue weighted by Crippen LogP contribution is 2.41. The van der Waals surface area contributed by atoms with E-state index in [0.29, 0.717) is 24.6 Å². The van der Waals surface area contributed by atoms with Gasteiger partial charge in [-0.05, 0) is 30.7 Å². The van der Waals surface area contributed by atoms with Crippen LogP contribution in [0.15, 0.2) is 42.5 Å². The molecule has 0 radical (unpaired) electrons. The molecule has 3 amide bonds. The van der Waals surface area contributed by atoms with Crippen LogP contribution in [-0.2, 0) is 11.3 Å². The summed E-state index contributed by atoms with van der Waals surface area (Å²) in [6, 6.07) is 11.3. The molecule has 0 saturated carbocycles. The predicted molar refractivity (Wildman–Crippen MR) is 115 cm³/mol. The Balaban J connectivity index is 1.85. The van der Waals surface area contributed by atoms with Crippen molar-refractivity contribution in [2.45, 2.75) is 19.4 Å². The van der Waals surface area contributed by atoms with Crippen molar-refractivity contribution in [2.24, 2.45) is 5.92 Å². The lowest BCUT2D eigenvalue weighted by molar-refractivity contribution is -0.125. The summed E-state index contributed by atoms with van der Waals surface area (Å²) in [4.78, 5) is 27.3. The van der Waals surface area contributed by atoms with Crippen LogP contribution in [0.1, 0.15) is 24.0 Å². The van der Waals surface area contributed by atoms with Crippen LogP contribution < -0.4 is 20.1 Å². The van der Waals surface area contributed by atoms with E-state index in [1.54, 1.807) is 37.3 Å². The molecule has 0 bridgehead atoms. The van der Waals surface area contributed by atoms with Crippen LogP contribution in [0.5, 0.6) is 11.5 Å². The Morgan fingerprint density at radius 2 is 1.81 bits per heavy atom. The van der Waals surface area contributed by atoms with E-state index >= 15 is 0 Å². The first kappa shape index (κ1) is 22.4. The molecule has 8 heteroatoms. The van der Waals surface area contributed by atoms with E-state index < -0.39 is 5.92 Å². The molecule has 0 unspecified atom stereocenters. The van der Waals surface area contributed by atoms with Crippen molar-refractivity contribution in [3.63, 3.8) is 0 Å². The minimum absolute atomic E-state index is 0.175. The van der Waals surface area contributed by atoms with Gasteiger partial charge in [0.15, 0.2) is 11.5 Å². The highest BCUT2D eigenvalue weighted by molar-refractivity contribution is 5.83. The molecule has 0 spiro atoms. The van der Waals surface area contributed by atoms with Crippen LogP contribution in [0, 0.1) is 11.7 Å². The molecule has 0 aliphatic carbocycles. The number of halogens is 1. The van der Waals surface area contributed by atoms with Crippen molar-refractivity contribution in [2.75, 3.05) is 33.9 Å². The maximum Gasteiger partial charge on any atom is 0.317 e. The standard InChI is InChI=1S/C23H28FN3O4/c1-4-25-23(29)27-13-18(17-6-5-7-20(30-2)21(17)31-3)19(14-27)22(28)26-12-15-8-10-16(24)11-9-15/h5-11,18-19H,4,12-14H2,1-3H3,(H,25,29)(H,26,28)/t18-,19-/m1/s1. The second kappa shape index (κ2) is 10.1. The fourth-order valence-electron chi connectivity index (χ4n) is 3.94. The van der Waals surface area contributed by atoms with E-state index in [2.05, 4.69) is 10.6 Å². The lowest BCUT2D eigenvalue weighted by atomic mass is 9.87. The lowest BCUT2D eigenvalue weighted by Crippen LogP contribution is -2.39. The van der Waals surface area contributed by atoms with Crippen molar-refractivity contribution < 1.29 is 23.5 Å². The van der Waals surface area contributed by atoms with Crippen LogP contribution in [0.3, 0.4) is 0 Å². The number of benzene rings is 2. The number of nitrogens with zero attached hydrogens (tertiary/aromatic N) is 1. The number of amides is 3. The summed E-state index contributed by atoms with van der Waals surface area (Å²) in [5.41, 5.74) is 1.61. The second-order valence-corrected chi connectivity index (χ2v) is 7.38. The predicted octanol–water partition coefficient (Wildman–Crippen LogP) is 2.90. The summed E-state index contributed by atoms with van der Waals surface area (Å²) in [5.74, 6) is -0.101. The van der Waals surface area contributed by atoms with E-state index in [0.717, 1.165) is 11.1 Å². The maximum atomic E-state index is 13.1. The second-order valence-electron chi connectivity index (χ2n) is 7.38. The lowest BCUT2D eigenvalue weighted by Gasteiger charge is -2.21. The largest absolute Gasteiger partial charge is 0.493 e. The first-order valence-electron chi connectivity index (χ1n) is 10.2. The number of carbonyl (C=O) groups is 2. The minimum atomic E-state index is -0.468. The normalized spacial score (nSPS) is 17.9. The Kier molecular flexibility index (Phi) is 7.33. The summed E-state index contributed by atoms with van der Waals surface area (Å²) in [6.07, 6.45) is 0. The number of carbonyl (C=O) groups excluding carboxylic acids is 2. The highest BCUT2D eigenvalue weighted by atomic mass is 19.1. The summed E-state index contributed by atoms with van der Waals surface area (Å²) in [5, 5.41) is 5.72. The van der Waals surface area contributed by atoms with Gasteiger partial charge in [0.05, 0.1) is 20.1 Å². The van der Waals surface area contributed by atoms with E-state index in [1.807, 2.05) is 19.1 Å². The summed E-state index contributed by atoms with van der Waals surface area (Å²) in [7, 11) is 3.12. The number of hydrogen-bond donors (Lipinski definition) is 2. The molecule has 31 heavy (non-hydrogen) atoms. The van der Waals surface area contributed by atoms with Gasteiger partial charge in [0.2, 0.25) is 5.91 Å². The first-order valence-corrected chi connectivity index (χ1v) is 10.2. The van der Waals surface area contributed by atoms with E-state index in [-0.39, 0.29) is 36.8 Å². The van der Waals surface area contributed by atoms with Crippen LogP contribution in [0.25, 0.3) is 0 Å². The van der Waals surface area contributed by atoms with E-state index in [4.69, 9.17) is 9.47 Å². The van der Waals surface area contributed by atoms with Gasteiger partial charge in [-0.15, -0.1) is 0 Å². The zero-order valence-electron chi connectivity index (χ0n) is 18.0. The molecule has 1 heterocycles. The third kappa shape index (κ3) is 5.07. The van der Waals surface area contributed by atoms with Gasteiger partial charge in [0, 0.05) is 37.7 Å². The zero-order valence-corrected chi connectivity index (χ0v) is 18.0. The smallest absolute Gasteiger partial charge is 0.317 e. The summed E-state index contributed by atoms with van der Waals surface area (Å²) in [6.45, 7) is 3.29. The van der Waals surface area contributed by atoms with Gasteiger partial charge in [0.1, 0.15) is 5.82 Å². The topological polar surface area (TPSA) is 79.9 Å². The number of likely N-dealkylation sites (tertiary alicyclic amines) is 1. The third-order valence-electron chi connectivity index (χ3n) is 5.48. The van der Waals surface area contributed by atoms with Gasteiger partial charge in [-0.2, -0.15) is 0 Å². The molecule has 1 aliphatic heterocycles. The first-order chi connectivity index (χ1) is 15.0.